The Hall–Kier alpha value is -2.86. The van der Waals surface area contributed by atoms with Crippen LogP contribution in [-0.4, -0.2) is 20.4 Å². The van der Waals surface area contributed by atoms with Gasteiger partial charge in [0.1, 0.15) is 6.04 Å². The van der Waals surface area contributed by atoms with Crippen LogP contribution in [-0.2, 0) is 14.8 Å². The topological polar surface area (TPSA) is 66.5 Å². The number of carbonyl (C=O) groups excluding carboxylic acids is 1. The fourth-order valence-corrected chi connectivity index (χ4v) is 5.47. The Bertz CT molecular complexity index is 1120. The van der Waals surface area contributed by atoms with Crippen LogP contribution < -0.4 is 9.62 Å². The van der Waals surface area contributed by atoms with Crippen LogP contribution in [0.1, 0.15) is 25.5 Å². The molecule has 1 N–H and O–H groups in total. The third kappa shape index (κ3) is 2.77. The van der Waals surface area contributed by atoms with Crippen LogP contribution in [0.2, 0.25) is 0 Å². The molecule has 1 aliphatic rings. The van der Waals surface area contributed by atoms with Gasteiger partial charge in [-0.1, -0.05) is 54.6 Å². The van der Waals surface area contributed by atoms with Crippen molar-refractivity contribution in [1.82, 2.24) is 5.32 Å². The SMILES string of the molecule is C[C@H](NC(=O)[C@H](C)N1c2cccc3cccc(c23)S1(=O)=O)c1ccccc1. The molecule has 0 spiro atoms. The van der Waals surface area contributed by atoms with Crippen molar-refractivity contribution in [2.75, 3.05) is 4.31 Å². The summed E-state index contributed by atoms with van der Waals surface area (Å²) < 4.78 is 27.5. The lowest BCUT2D eigenvalue weighted by Crippen LogP contribution is -2.47. The quantitative estimate of drug-likeness (QED) is 0.752. The van der Waals surface area contributed by atoms with Crippen LogP contribution >= 0.6 is 0 Å². The van der Waals surface area contributed by atoms with Crippen molar-refractivity contribution in [2.24, 2.45) is 0 Å². The zero-order valence-electron chi connectivity index (χ0n) is 15.1. The number of anilines is 1. The van der Waals surface area contributed by atoms with Crippen LogP contribution in [0.4, 0.5) is 5.69 Å². The summed E-state index contributed by atoms with van der Waals surface area (Å²) >= 11 is 0. The van der Waals surface area contributed by atoms with Gasteiger partial charge in [-0.2, -0.15) is 0 Å². The first-order chi connectivity index (χ1) is 12.9. The Morgan fingerprint density at radius 1 is 0.926 bits per heavy atom. The number of amides is 1. The molecule has 5 nitrogen and oxygen atoms in total. The first kappa shape index (κ1) is 17.5. The van der Waals surface area contributed by atoms with Gasteiger partial charge in [0.2, 0.25) is 5.91 Å². The molecule has 3 aromatic rings. The molecule has 1 heterocycles. The monoisotopic (exact) mass is 380 g/mol. The second-order valence-corrected chi connectivity index (χ2v) is 8.53. The number of nitrogens with zero attached hydrogens (tertiary/aromatic N) is 1. The van der Waals surface area contributed by atoms with E-state index in [9.17, 15) is 13.2 Å². The summed E-state index contributed by atoms with van der Waals surface area (Å²) in [5, 5.41) is 4.45. The zero-order chi connectivity index (χ0) is 19.2. The Morgan fingerprint density at radius 3 is 2.30 bits per heavy atom. The number of benzene rings is 3. The van der Waals surface area contributed by atoms with Crippen molar-refractivity contribution < 1.29 is 13.2 Å². The molecule has 0 saturated carbocycles. The van der Waals surface area contributed by atoms with E-state index < -0.39 is 16.1 Å². The van der Waals surface area contributed by atoms with Gasteiger partial charge >= 0.3 is 0 Å². The van der Waals surface area contributed by atoms with Gasteiger partial charge in [0.25, 0.3) is 10.0 Å². The van der Waals surface area contributed by atoms with Gasteiger partial charge in [0.05, 0.1) is 16.6 Å². The number of hydrogen-bond acceptors (Lipinski definition) is 3. The first-order valence-electron chi connectivity index (χ1n) is 8.83. The summed E-state index contributed by atoms with van der Waals surface area (Å²) in [6, 6.07) is 19.1. The van der Waals surface area contributed by atoms with Gasteiger partial charge in [0.15, 0.2) is 0 Å². The van der Waals surface area contributed by atoms with E-state index >= 15 is 0 Å². The van der Waals surface area contributed by atoms with Crippen LogP contribution in [0.25, 0.3) is 10.8 Å². The lowest BCUT2D eigenvalue weighted by atomic mass is 10.1. The van der Waals surface area contributed by atoms with Crippen molar-refractivity contribution in [3.63, 3.8) is 0 Å². The molecule has 0 saturated heterocycles. The number of sulfonamides is 1. The first-order valence-corrected chi connectivity index (χ1v) is 10.3. The van der Waals surface area contributed by atoms with Crippen LogP contribution in [0.15, 0.2) is 71.6 Å². The largest absolute Gasteiger partial charge is 0.348 e. The second kappa shape index (κ2) is 6.39. The zero-order valence-corrected chi connectivity index (χ0v) is 15.9. The number of rotatable bonds is 4. The molecule has 138 valence electrons. The molecule has 1 aliphatic heterocycles. The lowest BCUT2D eigenvalue weighted by Gasteiger charge is -2.27. The molecule has 6 heteroatoms. The molecule has 0 fully saturated rings. The van der Waals surface area contributed by atoms with E-state index in [0.29, 0.717) is 11.1 Å². The molecule has 0 unspecified atom stereocenters. The third-order valence-corrected chi connectivity index (χ3v) is 6.94. The van der Waals surface area contributed by atoms with E-state index in [4.69, 9.17) is 0 Å². The van der Waals surface area contributed by atoms with Gasteiger partial charge in [0, 0.05) is 5.39 Å². The van der Waals surface area contributed by atoms with Gasteiger partial charge in [-0.15, -0.1) is 0 Å². The van der Waals surface area contributed by atoms with Crippen molar-refractivity contribution >= 4 is 32.4 Å². The number of hydrogen-bond donors (Lipinski definition) is 1. The molecule has 0 radical (unpaired) electrons. The molecule has 4 rings (SSSR count). The highest BCUT2D eigenvalue weighted by molar-refractivity contribution is 7.93. The minimum absolute atomic E-state index is 0.218. The van der Waals surface area contributed by atoms with Crippen molar-refractivity contribution in [3.8, 4) is 0 Å². The van der Waals surface area contributed by atoms with Crippen LogP contribution in [0.3, 0.4) is 0 Å². The van der Waals surface area contributed by atoms with Crippen molar-refractivity contribution in [1.29, 1.82) is 0 Å². The maximum absolute atomic E-state index is 13.1. The molecule has 27 heavy (non-hydrogen) atoms. The van der Waals surface area contributed by atoms with Crippen molar-refractivity contribution in [3.05, 3.63) is 72.3 Å². The molecule has 1 amide bonds. The normalized spacial score (nSPS) is 16.9. The second-order valence-electron chi connectivity index (χ2n) is 6.75. The third-order valence-electron chi connectivity index (χ3n) is 5.01. The predicted octanol–water partition coefficient (Wildman–Crippen LogP) is 3.61. The standard InChI is InChI=1S/C21H20N2O3S/c1-14(16-8-4-3-5-9-16)22-21(24)15(2)23-18-12-6-10-17-11-7-13-19(20(17)18)27(23,25)26/h3-15H,1-2H3,(H,22,24)/t14-,15-/m0/s1. The van der Waals surface area contributed by atoms with Gasteiger partial charge < -0.3 is 5.32 Å². The maximum atomic E-state index is 13.1. The molecule has 3 aromatic carbocycles. The van der Waals surface area contributed by atoms with Crippen LogP contribution in [0.5, 0.6) is 0 Å². The molecule has 0 bridgehead atoms. The Morgan fingerprint density at radius 2 is 1.59 bits per heavy atom. The van der Waals surface area contributed by atoms with Crippen molar-refractivity contribution in [2.45, 2.75) is 30.8 Å². The Kier molecular flexibility index (Phi) is 4.15. The maximum Gasteiger partial charge on any atom is 0.265 e. The summed E-state index contributed by atoms with van der Waals surface area (Å²) in [6.07, 6.45) is 0. The predicted molar refractivity (Wildman–Crippen MR) is 106 cm³/mol. The molecule has 0 aromatic heterocycles. The van der Waals surface area contributed by atoms with E-state index in [0.717, 1.165) is 10.9 Å². The lowest BCUT2D eigenvalue weighted by molar-refractivity contribution is -0.122. The average molecular weight is 380 g/mol. The van der Waals surface area contributed by atoms with E-state index in [1.54, 1.807) is 25.1 Å². The van der Waals surface area contributed by atoms with Gasteiger partial charge in [-0.05, 0) is 36.9 Å². The minimum Gasteiger partial charge on any atom is -0.348 e. The van der Waals surface area contributed by atoms with Crippen LogP contribution in [0, 0.1) is 0 Å². The smallest absolute Gasteiger partial charge is 0.265 e. The molecule has 0 aliphatic carbocycles. The summed E-state index contributed by atoms with van der Waals surface area (Å²) in [4.78, 5) is 13.1. The number of carbonyl (C=O) groups is 1. The van der Waals surface area contributed by atoms with E-state index in [1.165, 1.54) is 4.31 Å². The summed E-state index contributed by atoms with van der Waals surface area (Å²) in [6.45, 7) is 3.50. The van der Waals surface area contributed by atoms with E-state index in [1.807, 2.05) is 55.5 Å². The molecular formula is C21H20N2O3S. The number of nitrogens with one attached hydrogen (secondary N) is 1. The fourth-order valence-electron chi connectivity index (χ4n) is 3.60. The molecular weight excluding hydrogens is 360 g/mol. The van der Waals surface area contributed by atoms with Gasteiger partial charge in [-0.3, -0.25) is 9.10 Å². The average Bonchev–Trinajstić information content (AvgIpc) is 2.90. The fraction of sp³-hybridized carbons (Fsp3) is 0.190. The Labute approximate surface area is 158 Å². The highest BCUT2D eigenvalue weighted by atomic mass is 32.2. The highest BCUT2D eigenvalue weighted by Crippen LogP contribution is 2.43. The van der Waals surface area contributed by atoms with E-state index in [2.05, 4.69) is 5.32 Å². The summed E-state index contributed by atoms with van der Waals surface area (Å²) in [5.74, 6) is -0.334. The molecule has 2 atom stereocenters. The minimum atomic E-state index is -3.77. The van der Waals surface area contributed by atoms with E-state index in [-0.39, 0.29) is 16.8 Å². The Balaban J connectivity index is 1.67. The summed E-state index contributed by atoms with van der Waals surface area (Å²) in [7, 11) is -3.77. The summed E-state index contributed by atoms with van der Waals surface area (Å²) in [5.41, 5.74) is 1.52. The highest BCUT2D eigenvalue weighted by Gasteiger charge is 2.40. The van der Waals surface area contributed by atoms with Gasteiger partial charge in [-0.25, -0.2) is 8.42 Å².